The van der Waals surface area contributed by atoms with Crippen molar-refractivity contribution < 1.29 is 4.79 Å². The van der Waals surface area contributed by atoms with Gasteiger partial charge in [-0.05, 0) is 71.0 Å². The summed E-state index contributed by atoms with van der Waals surface area (Å²) in [7, 11) is 0. The van der Waals surface area contributed by atoms with Gasteiger partial charge >= 0.3 is 0 Å². The fourth-order valence-electron chi connectivity index (χ4n) is 2.24. The van der Waals surface area contributed by atoms with E-state index >= 15 is 0 Å². The van der Waals surface area contributed by atoms with Crippen molar-refractivity contribution in [2.75, 3.05) is 16.4 Å². The van der Waals surface area contributed by atoms with Crippen molar-refractivity contribution in [2.24, 2.45) is 0 Å². The quantitative estimate of drug-likeness (QED) is 0.553. The van der Waals surface area contributed by atoms with Crippen LogP contribution >= 0.6 is 22.6 Å². The number of hydrogen-bond donors (Lipinski definition) is 3. The van der Waals surface area contributed by atoms with Gasteiger partial charge in [0.2, 0.25) is 5.91 Å². The van der Waals surface area contributed by atoms with Crippen LogP contribution in [0.2, 0.25) is 0 Å². The Hall–Kier alpha value is -1.76. The van der Waals surface area contributed by atoms with E-state index in [1.54, 1.807) is 0 Å². The lowest BCUT2D eigenvalue weighted by molar-refractivity contribution is -0.116. The Morgan fingerprint density at radius 2 is 1.90 bits per heavy atom. The minimum absolute atomic E-state index is 0.0579. The van der Waals surface area contributed by atoms with E-state index in [1.165, 1.54) is 3.57 Å². The second-order valence-electron chi connectivity index (χ2n) is 4.78. The first kappa shape index (κ1) is 13.2. The van der Waals surface area contributed by atoms with Crippen molar-refractivity contribution in [3.63, 3.8) is 0 Å². The van der Waals surface area contributed by atoms with Crippen LogP contribution in [0.4, 0.5) is 22.7 Å². The number of nitrogens with two attached hydrogens (primary N) is 1. The van der Waals surface area contributed by atoms with Crippen molar-refractivity contribution in [1.82, 2.24) is 0 Å². The number of aryl methyl sites for hydroxylation is 1. The third kappa shape index (κ3) is 2.72. The number of carbonyl (C=O) groups is 1. The Morgan fingerprint density at radius 3 is 2.65 bits per heavy atom. The maximum absolute atomic E-state index is 11.5. The van der Waals surface area contributed by atoms with Crippen LogP contribution < -0.4 is 16.4 Å². The maximum Gasteiger partial charge on any atom is 0.224 e. The second-order valence-corrected chi connectivity index (χ2v) is 6.02. The summed E-state index contributed by atoms with van der Waals surface area (Å²) in [4.78, 5) is 11.5. The molecule has 2 aromatic rings. The molecule has 4 nitrogen and oxygen atoms in total. The van der Waals surface area contributed by atoms with Crippen molar-refractivity contribution >= 4 is 51.2 Å². The molecule has 1 heterocycles. The molecule has 0 saturated heterocycles. The van der Waals surface area contributed by atoms with Crippen LogP contribution in [0.5, 0.6) is 0 Å². The second kappa shape index (κ2) is 5.32. The molecular formula is C15H14IN3O. The number of halogens is 1. The molecule has 102 valence electrons. The Morgan fingerprint density at radius 1 is 1.15 bits per heavy atom. The smallest absolute Gasteiger partial charge is 0.224 e. The molecule has 20 heavy (non-hydrogen) atoms. The predicted octanol–water partition coefficient (Wildman–Crippen LogP) is 3.50. The highest BCUT2D eigenvalue weighted by Crippen LogP contribution is 2.32. The molecule has 0 spiro atoms. The fourth-order valence-corrected chi connectivity index (χ4v) is 2.60. The number of amides is 1. The van der Waals surface area contributed by atoms with Gasteiger partial charge in [-0.3, -0.25) is 4.79 Å². The molecule has 5 heteroatoms. The molecule has 1 aliphatic heterocycles. The standard InChI is InChI=1S/C15H14IN3O/c16-10-2-4-11(5-3-10)18-14-8-13-9(7-12(14)17)1-6-15(20)19-13/h2-5,7-8,18H,1,6,17H2,(H,19,20). The van der Waals surface area contributed by atoms with Gasteiger partial charge in [0.05, 0.1) is 11.4 Å². The summed E-state index contributed by atoms with van der Waals surface area (Å²) in [6, 6.07) is 11.9. The summed E-state index contributed by atoms with van der Waals surface area (Å²) < 4.78 is 1.18. The topological polar surface area (TPSA) is 67.2 Å². The normalized spacial score (nSPS) is 13.6. The van der Waals surface area contributed by atoms with Gasteiger partial charge in [-0.1, -0.05) is 0 Å². The molecule has 2 aromatic carbocycles. The summed E-state index contributed by atoms with van der Waals surface area (Å²) in [5, 5.41) is 6.17. The summed E-state index contributed by atoms with van der Waals surface area (Å²) in [6.45, 7) is 0. The summed E-state index contributed by atoms with van der Waals surface area (Å²) in [5.41, 5.74) is 10.5. The average molecular weight is 379 g/mol. The Labute approximate surface area is 130 Å². The fraction of sp³-hybridized carbons (Fsp3) is 0.133. The van der Waals surface area contributed by atoms with Gasteiger partial charge in [-0.2, -0.15) is 0 Å². The van der Waals surface area contributed by atoms with Crippen LogP contribution in [-0.4, -0.2) is 5.91 Å². The number of nitrogen functional groups attached to an aromatic ring is 1. The highest BCUT2D eigenvalue weighted by Gasteiger charge is 2.16. The van der Waals surface area contributed by atoms with E-state index in [9.17, 15) is 4.79 Å². The molecule has 0 bridgehead atoms. The Kier molecular flexibility index (Phi) is 3.52. The third-order valence-electron chi connectivity index (χ3n) is 3.29. The molecule has 0 atom stereocenters. The summed E-state index contributed by atoms with van der Waals surface area (Å²) in [5.74, 6) is 0.0579. The largest absolute Gasteiger partial charge is 0.397 e. The molecule has 1 aliphatic rings. The van der Waals surface area contributed by atoms with Crippen LogP contribution in [0, 0.1) is 3.57 Å². The molecule has 3 rings (SSSR count). The van der Waals surface area contributed by atoms with Gasteiger partial charge in [0.1, 0.15) is 0 Å². The third-order valence-corrected chi connectivity index (χ3v) is 4.01. The lowest BCUT2D eigenvalue weighted by Crippen LogP contribution is -2.19. The van der Waals surface area contributed by atoms with Crippen molar-refractivity contribution in [3.8, 4) is 0 Å². The van der Waals surface area contributed by atoms with Crippen molar-refractivity contribution in [3.05, 3.63) is 45.5 Å². The minimum Gasteiger partial charge on any atom is -0.397 e. The zero-order valence-electron chi connectivity index (χ0n) is 10.7. The molecule has 1 amide bonds. The zero-order chi connectivity index (χ0) is 14.1. The first-order chi connectivity index (χ1) is 9.61. The molecule has 0 saturated carbocycles. The SMILES string of the molecule is Nc1cc2c(cc1Nc1ccc(I)cc1)NC(=O)CC2. The van der Waals surface area contributed by atoms with Crippen molar-refractivity contribution in [2.45, 2.75) is 12.8 Å². The first-order valence-electron chi connectivity index (χ1n) is 6.36. The monoisotopic (exact) mass is 379 g/mol. The van der Waals surface area contributed by atoms with E-state index in [-0.39, 0.29) is 5.91 Å². The molecule has 0 unspecified atom stereocenters. The lowest BCUT2D eigenvalue weighted by Gasteiger charge is -2.19. The first-order valence-corrected chi connectivity index (χ1v) is 7.44. The molecule has 4 N–H and O–H groups in total. The predicted molar refractivity (Wildman–Crippen MR) is 90.2 cm³/mol. The number of nitrogens with one attached hydrogen (secondary N) is 2. The summed E-state index contributed by atoms with van der Waals surface area (Å²) in [6.07, 6.45) is 1.27. The van der Waals surface area contributed by atoms with E-state index in [0.29, 0.717) is 12.1 Å². The van der Waals surface area contributed by atoms with Crippen LogP contribution in [0.1, 0.15) is 12.0 Å². The van der Waals surface area contributed by atoms with Gasteiger partial charge in [-0.15, -0.1) is 0 Å². The minimum atomic E-state index is 0.0579. The van der Waals surface area contributed by atoms with E-state index in [1.807, 2.05) is 36.4 Å². The average Bonchev–Trinajstić information content (AvgIpc) is 2.42. The molecule has 0 radical (unpaired) electrons. The number of hydrogen-bond acceptors (Lipinski definition) is 3. The summed E-state index contributed by atoms with van der Waals surface area (Å²) >= 11 is 2.26. The van der Waals surface area contributed by atoms with Crippen LogP contribution in [0.25, 0.3) is 0 Å². The number of carbonyl (C=O) groups excluding carboxylic acids is 1. The molecule has 0 aliphatic carbocycles. The number of anilines is 4. The van der Waals surface area contributed by atoms with E-state index < -0.39 is 0 Å². The number of rotatable bonds is 2. The zero-order valence-corrected chi connectivity index (χ0v) is 12.9. The van der Waals surface area contributed by atoms with Gasteiger partial charge in [0.25, 0.3) is 0 Å². The Balaban J connectivity index is 1.91. The molecular weight excluding hydrogens is 365 g/mol. The van der Waals surface area contributed by atoms with Gasteiger partial charge in [0, 0.05) is 21.4 Å². The molecule has 0 fully saturated rings. The van der Waals surface area contributed by atoms with Crippen LogP contribution in [0.15, 0.2) is 36.4 Å². The Bertz CT molecular complexity index is 668. The van der Waals surface area contributed by atoms with Crippen LogP contribution in [0.3, 0.4) is 0 Å². The van der Waals surface area contributed by atoms with Crippen molar-refractivity contribution in [1.29, 1.82) is 0 Å². The van der Waals surface area contributed by atoms with E-state index in [4.69, 9.17) is 5.73 Å². The molecule has 0 aromatic heterocycles. The van der Waals surface area contributed by atoms with Crippen LogP contribution in [-0.2, 0) is 11.2 Å². The number of benzene rings is 2. The van der Waals surface area contributed by atoms with E-state index in [0.717, 1.165) is 29.0 Å². The van der Waals surface area contributed by atoms with Gasteiger partial charge < -0.3 is 16.4 Å². The van der Waals surface area contributed by atoms with Gasteiger partial charge in [0.15, 0.2) is 0 Å². The van der Waals surface area contributed by atoms with Gasteiger partial charge in [-0.25, -0.2) is 0 Å². The van der Waals surface area contributed by atoms with E-state index in [2.05, 4.69) is 33.2 Å². The highest BCUT2D eigenvalue weighted by molar-refractivity contribution is 14.1. The maximum atomic E-state index is 11.5. The number of fused-ring (bicyclic) bond motifs is 1. The highest BCUT2D eigenvalue weighted by atomic mass is 127. The lowest BCUT2D eigenvalue weighted by atomic mass is 10.0.